The van der Waals surface area contributed by atoms with E-state index in [2.05, 4.69) is 10.3 Å². The first-order valence-corrected chi connectivity index (χ1v) is 9.07. The number of hydrogen-bond acceptors (Lipinski definition) is 4. The lowest BCUT2D eigenvalue weighted by atomic mass is 10.1. The van der Waals surface area contributed by atoms with Crippen LogP contribution >= 0.6 is 11.6 Å². The lowest BCUT2D eigenvalue weighted by molar-refractivity contribution is -0.121. The molecule has 0 unspecified atom stereocenters. The lowest BCUT2D eigenvalue weighted by Crippen LogP contribution is -2.23. The molecule has 1 N–H and O–H groups in total. The molecule has 1 heterocycles. The van der Waals surface area contributed by atoms with Crippen LogP contribution in [0.15, 0.2) is 59.1 Å². The molecule has 0 fully saturated rings. The Hall–Kier alpha value is -2.63. The number of carbonyl (C=O) groups is 1. The zero-order chi connectivity index (χ0) is 19.1. The molecule has 3 aromatic rings. The number of aromatic nitrogens is 1. The summed E-state index contributed by atoms with van der Waals surface area (Å²) in [6, 6.07) is 15.3. The second kappa shape index (κ2) is 9.35. The van der Waals surface area contributed by atoms with Gasteiger partial charge in [0.25, 0.3) is 0 Å². The van der Waals surface area contributed by atoms with Crippen LogP contribution < -0.4 is 5.32 Å². The minimum Gasteiger partial charge on any atom is -0.441 e. The summed E-state index contributed by atoms with van der Waals surface area (Å²) in [5, 5.41) is 3.53. The summed E-state index contributed by atoms with van der Waals surface area (Å²) in [4.78, 5) is 16.4. The van der Waals surface area contributed by atoms with Crippen LogP contribution in [0.2, 0.25) is 5.02 Å². The summed E-state index contributed by atoms with van der Waals surface area (Å²) >= 11 is 6.17. The molecule has 0 aliphatic carbocycles. The average molecular weight is 385 g/mol. The first-order valence-electron chi connectivity index (χ1n) is 8.69. The Labute approximate surface area is 163 Å². The molecular formula is C21H21ClN2O3. The van der Waals surface area contributed by atoms with Gasteiger partial charge in [-0.1, -0.05) is 48.0 Å². The Balaban J connectivity index is 1.52. The number of ether oxygens (including phenoxy) is 1. The molecule has 0 spiro atoms. The van der Waals surface area contributed by atoms with Crippen molar-refractivity contribution in [1.82, 2.24) is 10.3 Å². The number of nitrogens with zero attached hydrogens (tertiary/aromatic N) is 1. The van der Waals surface area contributed by atoms with Crippen molar-refractivity contribution in [3.63, 3.8) is 0 Å². The fraction of sp³-hybridized carbons (Fsp3) is 0.238. The molecule has 0 saturated heterocycles. The minimum atomic E-state index is -0.0558. The summed E-state index contributed by atoms with van der Waals surface area (Å²) in [6.45, 7) is 0.988. The number of hydrogen-bond donors (Lipinski definition) is 1. The highest BCUT2D eigenvalue weighted by Gasteiger charge is 2.11. The van der Waals surface area contributed by atoms with Gasteiger partial charge in [0.1, 0.15) is 0 Å². The standard InChI is InChI=1S/C21H21ClN2O3/c1-26-14-16-7-3-2-6-15(16)12-23-20(25)10-11-21-24-13-19(27-21)17-8-4-5-9-18(17)22/h2-9,13H,10-12,14H2,1H3,(H,23,25). The van der Waals surface area contributed by atoms with Crippen molar-refractivity contribution in [2.45, 2.75) is 26.0 Å². The van der Waals surface area contributed by atoms with Gasteiger partial charge < -0.3 is 14.5 Å². The Morgan fingerprint density at radius 1 is 1.15 bits per heavy atom. The van der Waals surface area contributed by atoms with Gasteiger partial charge >= 0.3 is 0 Å². The van der Waals surface area contributed by atoms with E-state index in [1.807, 2.05) is 42.5 Å². The van der Waals surface area contributed by atoms with Crippen LogP contribution in [0.1, 0.15) is 23.4 Å². The second-order valence-corrected chi connectivity index (χ2v) is 6.48. The zero-order valence-electron chi connectivity index (χ0n) is 15.1. The normalized spacial score (nSPS) is 10.7. The summed E-state index contributed by atoms with van der Waals surface area (Å²) in [6.07, 6.45) is 2.36. The number of amides is 1. The molecule has 27 heavy (non-hydrogen) atoms. The number of methoxy groups -OCH3 is 1. The van der Waals surface area contributed by atoms with E-state index >= 15 is 0 Å². The highest BCUT2D eigenvalue weighted by molar-refractivity contribution is 6.33. The molecule has 6 heteroatoms. The van der Waals surface area contributed by atoms with E-state index in [1.54, 1.807) is 19.4 Å². The van der Waals surface area contributed by atoms with Crippen molar-refractivity contribution in [1.29, 1.82) is 0 Å². The maximum atomic E-state index is 12.2. The van der Waals surface area contributed by atoms with Gasteiger partial charge in [-0.3, -0.25) is 4.79 Å². The smallest absolute Gasteiger partial charge is 0.220 e. The van der Waals surface area contributed by atoms with Crippen LogP contribution in [0.5, 0.6) is 0 Å². The van der Waals surface area contributed by atoms with Gasteiger partial charge in [-0.05, 0) is 23.3 Å². The number of nitrogens with one attached hydrogen (secondary N) is 1. The minimum absolute atomic E-state index is 0.0558. The molecule has 0 saturated carbocycles. The van der Waals surface area contributed by atoms with Gasteiger partial charge in [-0.25, -0.2) is 4.98 Å². The highest BCUT2D eigenvalue weighted by Crippen LogP contribution is 2.28. The van der Waals surface area contributed by atoms with Gasteiger partial charge in [0.15, 0.2) is 11.7 Å². The molecule has 140 valence electrons. The Morgan fingerprint density at radius 3 is 2.67 bits per heavy atom. The third-order valence-electron chi connectivity index (χ3n) is 4.15. The van der Waals surface area contributed by atoms with Crippen molar-refractivity contribution in [2.75, 3.05) is 7.11 Å². The molecule has 1 amide bonds. The van der Waals surface area contributed by atoms with Gasteiger partial charge in [0, 0.05) is 32.1 Å². The fourth-order valence-electron chi connectivity index (χ4n) is 2.74. The van der Waals surface area contributed by atoms with Crippen molar-refractivity contribution in [2.24, 2.45) is 0 Å². The number of oxazole rings is 1. The summed E-state index contributed by atoms with van der Waals surface area (Å²) in [7, 11) is 1.66. The Morgan fingerprint density at radius 2 is 1.89 bits per heavy atom. The summed E-state index contributed by atoms with van der Waals surface area (Å²) in [5.41, 5.74) is 2.90. The first-order chi connectivity index (χ1) is 13.2. The third kappa shape index (κ3) is 5.18. The zero-order valence-corrected chi connectivity index (χ0v) is 15.8. The SMILES string of the molecule is COCc1ccccc1CNC(=O)CCc1ncc(-c2ccccc2Cl)o1. The van der Waals surface area contributed by atoms with E-state index < -0.39 is 0 Å². The molecule has 2 aromatic carbocycles. The number of rotatable bonds is 8. The Bertz CT molecular complexity index is 908. The van der Waals surface area contributed by atoms with E-state index in [1.165, 1.54) is 0 Å². The summed E-state index contributed by atoms with van der Waals surface area (Å²) in [5.74, 6) is 1.06. The van der Waals surface area contributed by atoms with Crippen molar-refractivity contribution in [3.05, 3.63) is 76.8 Å². The second-order valence-electron chi connectivity index (χ2n) is 6.08. The van der Waals surface area contributed by atoms with Crippen molar-refractivity contribution in [3.8, 4) is 11.3 Å². The van der Waals surface area contributed by atoms with E-state index in [-0.39, 0.29) is 5.91 Å². The van der Waals surface area contributed by atoms with Crippen LogP contribution in [0.25, 0.3) is 11.3 Å². The highest BCUT2D eigenvalue weighted by atomic mass is 35.5. The van der Waals surface area contributed by atoms with Crippen LogP contribution in [0.3, 0.4) is 0 Å². The molecule has 0 bridgehead atoms. The third-order valence-corrected chi connectivity index (χ3v) is 4.48. The quantitative estimate of drug-likeness (QED) is 0.625. The van der Waals surface area contributed by atoms with Gasteiger partial charge in [-0.2, -0.15) is 0 Å². The monoisotopic (exact) mass is 384 g/mol. The topological polar surface area (TPSA) is 64.4 Å². The Kier molecular flexibility index (Phi) is 6.63. The average Bonchev–Trinajstić information content (AvgIpc) is 3.15. The number of halogens is 1. The predicted octanol–water partition coefficient (Wildman–Crippen LogP) is 4.39. The van der Waals surface area contributed by atoms with Gasteiger partial charge in [0.05, 0.1) is 17.8 Å². The van der Waals surface area contributed by atoms with E-state index in [4.69, 9.17) is 20.8 Å². The number of carbonyl (C=O) groups excluding carboxylic acids is 1. The molecule has 0 aliphatic heterocycles. The van der Waals surface area contributed by atoms with Gasteiger partial charge in [-0.15, -0.1) is 0 Å². The van der Waals surface area contributed by atoms with Crippen LogP contribution in [-0.4, -0.2) is 18.0 Å². The largest absolute Gasteiger partial charge is 0.441 e. The van der Waals surface area contributed by atoms with Crippen LogP contribution in [0, 0.1) is 0 Å². The molecule has 0 atom stereocenters. The molecule has 5 nitrogen and oxygen atoms in total. The maximum absolute atomic E-state index is 12.2. The van der Waals surface area contributed by atoms with Crippen molar-refractivity contribution >= 4 is 17.5 Å². The van der Waals surface area contributed by atoms with Crippen molar-refractivity contribution < 1.29 is 13.9 Å². The number of aryl methyl sites for hydroxylation is 1. The van der Waals surface area contributed by atoms with Crippen LogP contribution in [-0.2, 0) is 29.1 Å². The van der Waals surface area contributed by atoms with Gasteiger partial charge in [0.2, 0.25) is 5.91 Å². The fourth-order valence-corrected chi connectivity index (χ4v) is 2.97. The number of benzene rings is 2. The molecular weight excluding hydrogens is 364 g/mol. The van der Waals surface area contributed by atoms with E-state index in [0.717, 1.165) is 16.7 Å². The molecule has 0 aliphatic rings. The predicted molar refractivity (Wildman–Crippen MR) is 104 cm³/mol. The maximum Gasteiger partial charge on any atom is 0.220 e. The lowest BCUT2D eigenvalue weighted by Gasteiger charge is -2.09. The van der Waals surface area contributed by atoms with E-state index in [9.17, 15) is 4.79 Å². The molecule has 0 radical (unpaired) electrons. The molecule has 1 aromatic heterocycles. The summed E-state index contributed by atoms with van der Waals surface area (Å²) < 4.78 is 10.9. The molecule has 3 rings (SSSR count). The first kappa shape index (κ1) is 19.1. The van der Waals surface area contributed by atoms with E-state index in [0.29, 0.717) is 42.7 Å². The van der Waals surface area contributed by atoms with Crippen LogP contribution in [0.4, 0.5) is 0 Å².